The van der Waals surface area contributed by atoms with Crippen molar-refractivity contribution in [2.75, 3.05) is 18.5 Å². The maximum Gasteiger partial charge on any atom is 0.244 e. The second kappa shape index (κ2) is 8.01. The highest BCUT2D eigenvalue weighted by molar-refractivity contribution is 7.89. The van der Waals surface area contributed by atoms with E-state index >= 15 is 0 Å². The predicted molar refractivity (Wildman–Crippen MR) is 97.6 cm³/mol. The van der Waals surface area contributed by atoms with Gasteiger partial charge in [-0.2, -0.15) is 0 Å². The van der Waals surface area contributed by atoms with Gasteiger partial charge >= 0.3 is 0 Å². The van der Waals surface area contributed by atoms with Gasteiger partial charge in [0.15, 0.2) is 0 Å². The standard InChI is InChI=1S/C16H23N3O4S.ClH/c1-10-3-4-13(9-14(10)24(21,22)19-12-5-6-12)18-16(20)15-11(2)23-8-7-17-15;/h3-4,9,11-12,15,17,19H,5-8H2,1-2H3,(H,18,20);1H/t11-,15+;/m1./s1. The van der Waals surface area contributed by atoms with Crippen LogP contribution in [0, 0.1) is 6.92 Å². The number of anilines is 1. The summed E-state index contributed by atoms with van der Waals surface area (Å²) in [5.74, 6) is -0.232. The first-order valence-corrected chi connectivity index (χ1v) is 9.64. The quantitative estimate of drug-likeness (QED) is 0.702. The van der Waals surface area contributed by atoms with Gasteiger partial charge in [0.05, 0.1) is 17.6 Å². The minimum Gasteiger partial charge on any atom is -0.375 e. The summed E-state index contributed by atoms with van der Waals surface area (Å²) in [5, 5.41) is 5.89. The second-order valence-electron chi connectivity index (χ2n) is 6.37. The fraction of sp³-hybridized carbons (Fsp3) is 0.562. The van der Waals surface area contributed by atoms with Gasteiger partial charge in [-0.05, 0) is 44.4 Å². The molecule has 1 aromatic rings. The van der Waals surface area contributed by atoms with Crippen LogP contribution in [-0.2, 0) is 19.6 Å². The van der Waals surface area contributed by atoms with E-state index in [9.17, 15) is 13.2 Å². The third-order valence-corrected chi connectivity index (χ3v) is 5.91. The zero-order valence-corrected chi connectivity index (χ0v) is 15.9. The van der Waals surface area contributed by atoms with Crippen LogP contribution in [0.5, 0.6) is 0 Å². The van der Waals surface area contributed by atoms with Crippen LogP contribution in [0.3, 0.4) is 0 Å². The molecule has 1 saturated heterocycles. The van der Waals surface area contributed by atoms with Crippen molar-refractivity contribution >= 4 is 34.0 Å². The lowest BCUT2D eigenvalue weighted by atomic mass is 10.1. The van der Waals surface area contributed by atoms with E-state index in [1.54, 1.807) is 19.1 Å². The molecule has 1 heterocycles. The Kier molecular flexibility index (Phi) is 6.45. The van der Waals surface area contributed by atoms with Gasteiger partial charge in [0.2, 0.25) is 15.9 Å². The summed E-state index contributed by atoms with van der Waals surface area (Å²) >= 11 is 0. The van der Waals surface area contributed by atoms with Crippen LogP contribution >= 0.6 is 12.4 Å². The Bertz CT molecular complexity index is 737. The lowest BCUT2D eigenvalue weighted by molar-refractivity contribution is -0.123. The SMILES string of the molecule is Cc1ccc(NC(=O)[C@H]2NCCO[C@@H]2C)cc1S(=O)(=O)NC1CC1.Cl. The molecule has 140 valence electrons. The summed E-state index contributed by atoms with van der Waals surface area (Å²) in [6.45, 7) is 4.76. The highest BCUT2D eigenvalue weighted by Gasteiger charge is 2.30. The van der Waals surface area contributed by atoms with E-state index in [0.29, 0.717) is 24.4 Å². The van der Waals surface area contributed by atoms with Crippen LogP contribution in [0.2, 0.25) is 0 Å². The van der Waals surface area contributed by atoms with Crippen molar-refractivity contribution in [2.24, 2.45) is 0 Å². The minimum atomic E-state index is -3.56. The van der Waals surface area contributed by atoms with Crippen molar-refractivity contribution in [3.63, 3.8) is 0 Å². The highest BCUT2D eigenvalue weighted by atomic mass is 35.5. The topological polar surface area (TPSA) is 96.5 Å². The van der Waals surface area contributed by atoms with Gasteiger partial charge in [0.1, 0.15) is 6.04 Å². The third kappa shape index (κ3) is 4.92. The number of morpholine rings is 1. The van der Waals surface area contributed by atoms with Crippen molar-refractivity contribution in [2.45, 2.75) is 49.8 Å². The first-order valence-electron chi connectivity index (χ1n) is 8.15. The Morgan fingerprint density at radius 3 is 2.68 bits per heavy atom. The van der Waals surface area contributed by atoms with Gasteiger partial charge in [-0.1, -0.05) is 6.07 Å². The lowest BCUT2D eigenvalue weighted by Crippen LogP contribution is -2.53. The highest BCUT2D eigenvalue weighted by Crippen LogP contribution is 2.25. The molecule has 7 nitrogen and oxygen atoms in total. The molecule has 2 fully saturated rings. The number of carbonyl (C=O) groups is 1. The summed E-state index contributed by atoms with van der Waals surface area (Å²) in [6.07, 6.45) is 1.52. The molecule has 0 aromatic heterocycles. The van der Waals surface area contributed by atoms with Gasteiger partial charge in [0, 0.05) is 18.3 Å². The first kappa shape index (κ1) is 20.1. The van der Waals surface area contributed by atoms with Gasteiger partial charge in [-0.3, -0.25) is 4.79 Å². The molecule has 1 amide bonds. The van der Waals surface area contributed by atoms with Gasteiger partial charge in [-0.15, -0.1) is 12.4 Å². The molecule has 2 atom stereocenters. The van der Waals surface area contributed by atoms with Crippen LogP contribution in [0.25, 0.3) is 0 Å². The van der Waals surface area contributed by atoms with E-state index in [-0.39, 0.29) is 35.4 Å². The molecular formula is C16H24ClN3O4S. The molecule has 1 aromatic carbocycles. The average molecular weight is 390 g/mol. The largest absolute Gasteiger partial charge is 0.375 e. The summed E-state index contributed by atoms with van der Waals surface area (Å²) in [7, 11) is -3.56. The lowest BCUT2D eigenvalue weighted by Gasteiger charge is -2.29. The molecule has 3 N–H and O–H groups in total. The number of rotatable bonds is 5. The molecule has 1 aliphatic carbocycles. The van der Waals surface area contributed by atoms with Crippen LogP contribution in [0.15, 0.2) is 23.1 Å². The Labute approximate surface area is 154 Å². The van der Waals surface area contributed by atoms with E-state index in [1.807, 2.05) is 6.92 Å². The number of sulfonamides is 1. The van der Waals surface area contributed by atoms with Crippen molar-refractivity contribution in [1.82, 2.24) is 10.0 Å². The molecule has 1 saturated carbocycles. The molecule has 0 bridgehead atoms. The molecule has 1 aliphatic heterocycles. The third-order valence-electron chi connectivity index (χ3n) is 4.24. The summed E-state index contributed by atoms with van der Waals surface area (Å²) in [6, 6.07) is 4.50. The van der Waals surface area contributed by atoms with Crippen molar-refractivity contribution in [1.29, 1.82) is 0 Å². The number of ether oxygens (including phenoxy) is 1. The van der Waals surface area contributed by atoms with Crippen LogP contribution in [0.4, 0.5) is 5.69 Å². The molecule has 0 unspecified atom stereocenters. The average Bonchev–Trinajstić information content (AvgIpc) is 3.32. The summed E-state index contributed by atoms with van der Waals surface area (Å²) in [4.78, 5) is 12.6. The maximum atomic E-state index is 12.4. The number of amides is 1. The molecular weight excluding hydrogens is 366 g/mol. The van der Waals surface area contributed by atoms with Gasteiger partial charge in [0.25, 0.3) is 0 Å². The molecule has 0 radical (unpaired) electrons. The predicted octanol–water partition coefficient (Wildman–Crippen LogP) is 1.17. The number of hydrogen-bond acceptors (Lipinski definition) is 5. The molecule has 9 heteroatoms. The first-order chi connectivity index (χ1) is 11.4. The fourth-order valence-electron chi connectivity index (χ4n) is 2.70. The Morgan fingerprint density at radius 1 is 1.32 bits per heavy atom. The maximum absolute atomic E-state index is 12.4. The molecule has 0 spiro atoms. The van der Waals surface area contributed by atoms with E-state index in [0.717, 1.165) is 12.8 Å². The minimum absolute atomic E-state index is 0. The number of nitrogens with one attached hydrogen (secondary N) is 3. The smallest absolute Gasteiger partial charge is 0.244 e. The van der Waals surface area contributed by atoms with E-state index < -0.39 is 16.1 Å². The number of hydrogen-bond donors (Lipinski definition) is 3. The van der Waals surface area contributed by atoms with Crippen molar-refractivity contribution in [3.05, 3.63) is 23.8 Å². The molecule has 3 rings (SSSR count). The number of aryl methyl sites for hydroxylation is 1. The summed E-state index contributed by atoms with van der Waals surface area (Å²) < 4.78 is 33.0. The Balaban J connectivity index is 0.00000225. The van der Waals surface area contributed by atoms with Gasteiger partial charge < -0.3 is 15.4 Å². The Morgan fingerprint density at radius 2 is 2.04 bits per heavy atom. The van der Waals surface area contributed by atoms with Crippen molar-refractivity contribution < 1.29 is 17.9 Å². The van der Waals surface area contributed by atoms with Crippen LogP contribution < -0.4 is 15.4 Å². The zero-order chi connectivity index (χ0) is 17.3. The number of carbonyl (C=O) groups excluding carboxylic acids is 1. The van der Waals surface area contributed by atoms with Crippen molar-refractivity contribution in [3.8, 4) is 0 Å². The van der Waals surface area contributed by atoms with E-state index in [4.69, 9.17) is 4.74 Å². The monoisotopic (exact) mass is 389 g/mol. The number of benzene rings is 1. The van der Waals surface area contributed by atoms with Crippen LogP contribution in [0.1, 0.15) is 25.3 Å². The summed E-state index contributed by atoms with van der Waals surface area (Å²) in [5.41, 5.74) is 1.11. The van der Waals surface area contributed by atoms with E-state index in [2.05, 4.69) is 15.4 Å². The molecule has 2 aliphatic rings. The van der Waals surface area contributed by atoms with Crippen LogP contribution in [-0.4, -0.2) is 45.7 Å². The van der Waals surface area contributed by atoms with Gasteiger partial charge in [-0.25, -0.2) is 13.1 Å². The Hall–Kier alpha value is -1.19. The normalized spacial score (nSPS) is 23.6. The fourth-order valence-corrected chi connectivity index (χ4v) is 4.27. The molecule has 25 heavy (non-hydrogen) atoms. The number of halogens is 1. The van der Waals surface area contributed by atoms with E-state index in [1.165, 1.54) is 6.07 Å². The zero-order valence-electron chi connectivity index (χ0n) is 14.2. The second-order valence-corrected chi connectivity index (χ2v) is 8.06.